The Kier molecular flexibility index (Phi) is 2.60. The summed E-state index contributed by atoms with van der Waals surface area (Å²) in [6.07, 6.45) is 1.89. The Labute approximate surface area is 93.3 Å². The van der Waals surface area contributed by atoms with Gasteiger partial charge in [0.25, 0.3) is 0 Å². The molecule has 0 spiro atoms. The number of nitrogen functional groups attached to an aromatic ring is 1. The molecule has 0 saturated carbocycles. The van der Waals surface area contributed by atoms with Crippen LogP contribution in [0.15, 0.2) is 18.3 Å². The first-order chi connectivity index (χ1) is 7.58. The molecule has 16 heavy (non-hydrogen) atoms. The Bertz CT molecular complexity index is 427. The van der Waals surface area contributed by atoms with Crippen molar-refractivity contribution in [3.8, 4) is 0 Å². The third-order valence-electron chi connectivity index (χ3n) is 2.66. The second-order valence-electron chi connectivity index (χ2n) is 4.01. The molecular formula is C11H13N3O2. The van der Waals surface area contributed by atoms with Gasteiger partial charge in [0.05, 0.1) is 6.54 Å². The lowest BCUT2D eigenvalue weighted by Crippen LogP contribution is -2.29. The molecule has 2 rings (SSSR count). The highest BCUT2D eigenvalue weighted by Crippen LogP contribution is 2.20. The van der Waals surface area contributed by atoms with E-state index in [4.69, 9.17) is 5.73 Å². The van der Waals surface area contributed by atoms with Gasteiger partial charge in [-0.15, -0.1) is 0 Å². The molecule has 0 radical (unpaired) electrons. The number of likely N-dealkylation sites (tertiary alicyclic amines) is 1. The SMILES string of the molecule is CC1CC(=O)N(Cc2ccc(N)nc2)C1=O. The molecule has 1 aromatic rings. The molecule has 5 heteroatoms. The van der Waals surface area contributed by atoms with Gasteiger partial charge in [0.15, 0.2) is 0 Å². The third kappa shape index (κ3) is 1.88. The van der Waals surface area contributed by atoms with Crippen LogP contribution < -0.4 is 5.73 Å². The number of carbonyl (C=O) groups is 2. The van der Waals surface area contributed by atoms with Gasteiger partial charge < -0.3 is 5.73 Å². The fourth-order valence-electron chi connectivity index (χ4n) is 1.73. The van der Waals surface area contributed by atoms with Crippen LogP contribution in [0.1, 0.15) is 18.9 Å². The lowest BCUT2D eigenvalue weighted by atomic mass is 10.1. The topological polar surface area (TPSA) is 76.3 Å². The summed E-state index contributed by atoms with van der Waals surface area (Å²) in [6, 6.07) is 3.43. The fraction of sp³-hybridized carbons (Fsp3) is 0.364. The number of pyridine rings is 1. The molecule has 5 nitrogen and oxygen atoms in total. The Morgan fingerprint density at radius 2 is 2.25 bits per heavy atom. The molecule has 84 valence electrons. The summed E-state index contributed by atoms with van der Waals surface area (Å²) in [4.78, 5) is 28.4. The van der Waals surface area contributed by atoms with E-state index in [1.807, 2.05) is 0 Å². The lowest BCUT2D eigenvalue weighted by Gasteiger charge is -2.13. The number of rotatable bonds is 2. The average molecular weight is 219 g/mol. The van der Waals surface area contributed by atoms with Crippen molar-refractivity contribution < 1.29 is 9.59 Å². The van der Waals surface area contributed by atoms with E-state index < -0.39 is 0 Å². The van der Waals surface area contributed by atoms with Gasteiger partial charge in [0.1, 0.15) is 5.82 Å². The van der Waals surface area contributed by atoms with Gasteiger partial charge in [-0.3, -0.25) is 14.5 Å². The van der Waals surface area contributed by atoms with E-state index in [1.54, 1.807) is 25.3 Å². The molecule has 1 fully saturated rings. The van der Waals surface area contributed by atoms with E-state index in [0.29, 0.717) is 12.2 Å². The van der Waals surface area contributed by atoms with E-state index in [2.05, 4.69) is 4.98 Å². The fourth-order valence-corrected chi connectivity index (χ4v) is 1.73. The number of imide groups is 1. The number of anilines is 1. The summed E-state index contributed by atoms with van der Waals surface area (Å²) in [6.45, 7) is 2.05. The van der Waals surface area contributed by atoms with Gasteiger partial charge in [-0.25, -0.2) is 4.98 Å². The average Bonchev–Trinajstić information content (AvgIpc) is 2.48. The molecule has 0 aliphatic carbocycles. The maximum atomic E-state index is 11.6. The Balaban J connectivity index is 2.13. The normalized spacial score (nSPS) is 20.6. The van der Waals surface area contributed by atoms with Crippen molar-refractivity contribution in [2.24, 2.45) is 5.92 Å². The molecule has 2 heterocycles. The molecule has 1 atom stereocenters. The standard InChI is InChI=1S/C11H13N3O2/c1-7-4-10(15)14(11(7)16)6-8-2-3-9(12)13-5-8/h2-3,5,7H,4,6H2,1H3,(H2,12,13). The van der Waals surface area contributed by atoms with Gasteiger partial charge >= 0.3 is 0 Å². The van der Waals surface area contributed by atoms with Crippen LogP contribution in [0.2, 0.25) is 0 Å². The molecule has 2 amide bonds. The monoisotopic (exact) mass is 219 g/mol. The zero-order valence-corrected chi connectivity index (χ0v) is 9.01. The molecule has 2 N–H and O–H groups in total. The van der Waals surface area contributed by atoms with Crippen LogP contribution in [-0.2, 0) is 16.1 Å². The number of amides is 2. The van der Waals surface area contributed by atoms with Crippen molar-refractivity contribution in [2.45, 2.75) is 19.9 Å². The third-order valence-corrected chi connectivity index (χ3v) is 2.66. The Hall–Kier alpha value is -1.91. The first-order valence-corrected chi connectivity index (χ1v) is 5.12. The summed E-state index contributed by atoms with van der Waals surface area (Å²) in [5.41, 5.74) is 6.26. The molecule has 1 aromatic heterocycles. The largest absolute Gasteiger partial charge is 0.384 e. The zero-order chi connectivity index (χ0) is 11.7. The Morgan fingerprint density at radius 3 is 2.75 bits per heavy atom. The zero-order valence-electron chi connectivity index (χ0n) is 9.01. The smallest absolute Gasteiger partial charge is 0.232 e. The van der Waals surface area contributed by atoms with E-state index >= 15 is 0 Å². The van der Waals surface area contributed by atoms with Gasteiger partial charge in [-0.1, -0.05) is 13.0 Å². The number of hydrogen-bond acceptors (Lipinski definition) is 4. The highest BCUT2D eigenvalue weighted by Gasteiger charge is 2.35. The predicted octanol–water partition coefficient (Wildman–Crippen LogP) is 0.559. The van der Waals surface area contributed by atoms with E-state index in [-0.39, 0.29) is 24.3 Å². The molecule has 0 bridgehead atoms. The van der Waals surface area contributed by atoms with Gasteiger partial charge in [0, 0.05) is 18.5 Å². The van der Waals surface area contributed by atoms with Crippen LogP contribution >= 0.6 is 0 Å². The summed E-state index contributed by atoms with van der Waals surface area (Å²) in [7, 11) is 0. The molecule has 1 saturated heterocycles. The lowest BCUT2D eigenvalue weighted by molar-refractivity contribution is -0.139. The highest BCUT2D eigenvalue weighted by molar-refractivity contribution is 6.03. The van der Waals surface area contributed by atoms with Crippen LogP contribution in [0.4, 0.5) is 5.82 Å². The van der Waals surface area contributed by atoms with Crippen LogP contribution in [0.5, 0.6) is 0 Å². The van der Waals surface area contributed by atoms with Gasteiger partial charge in [0.2, 0.25) is 11.8 Å². The number of nitrogens with zero attached hydrogens (tertiary/aromatic N) is 2. The first-order valence-electron chi connectivity index (χ1n) is 5.12. The van der Waals surface area contributed by atoms with Crippen molar-refractivity contribution in [3.63, 3.8) is 0 Å². The summed E-state index contributed by atoms with van der Waals surface area (Å²) >= 11 is 0. The number of carbonyl (C=O) groups excluding carboxylic acids is 2. The van der Waals surface area contributed by atoms with Crippen molar-refractivity contribution in [1.29, 1.82) is 0 Å². The van der Waals surface area contributed by atoms with Crippen molar-refractivity contribution in [2.75, 3.05) is 5.73 Å². The number of hydrogen-bond donors (Lipinski definition) is 1. The van der Waals surface area contributed by atoms with Crippen LogP contribution in [0.25, 0.3) is 0 Å². The number of aromatic nitrogens is 1. The minimum atomic E-state index is -0.200. The summed E-state index contributed by atoms with van der Waals surface area (Å²) < 4.78 is 0. The molecule has 1 aliphatic heterocycles. The van der Waals surface area contributed by atoms with Crippen molar-refractivity contribution in [3.05, 3.63) is 23.9 Å². The second-order valence-corrected chi connectivity index (χ2v) is 4.01. The number of nitrogens with two attached hydrogens (primary N) is 1. The van der Waals surface area contributed by atoms with Crippen molar-refractivity contribution in [1.82, 2.24) is 9.88 Å². The molecule has 1 unspecified atom stereocenters. The van der Waals surface area contributed by atoms with Gasteiger partial charge in [-0.2, -0.15) is 0 Å². The van der Waals surface area contributed by atoms with E-state index in [9.17, 15) is 9.59 Å². The summed E-state index contributed by atoms with van der Waals surface area (Å²) in [5.74, 6) is 0.00147. The molecular weight excluding hydrogens is 206 g/mol. The maximum Gasteiger partial charge on any atom is 0.232 e. The highest BCUT2D eigenvalue weighted by atomic mass is 16.2. The minimum Gasteiger partial charge on any atom is -0.384 e. The van der Waals surface area contributed by atoms with Crippen LogP contribution in [0.3, 0.4) is 0 Å². The van der Waals surface area contributed by atoms with Gasteiger partial charge in [-0.05, 0) is 11.6 Å². The summed E-state index contributed by atoms with van der Waals surface area (Å²) in [5, 5.41) is 0. The molecule has 0 aromatic carbocycles. The van der Waals surface area contributed by atoms with Crippen LogP contribution in [-0.4, -0.2) is 21.7 Å². The first kappa shape index (κ1) is 10.6. The molecule has 1 aliphatic rings. The van der Waals surface area contributed by atoms with Crippen LogP contribution in [0, 0.1) is 5.92 Å². The Morgan fingerprint density at radius 1 is 1.50 bits per heavy atom. The van der Waals surface area contributed by atoms with Crippen molar-refractivity contribution >= 4 is 17.6 Å². The maximum absolute atomic E-state index is 11.6. The quantitative estimate of drug-likeness (QED) is 0.737. The minimum absolute atomic E-state index is 0.109. The van der Waals surface area contributed by atoms with E-state index in [0.717, 1.165) is 5.56 Å². The predicted molar refractivity (Wildman–Crippen MR) is 58.0 cm³/mol. The second kappa shape index (κ2) is 3.92. The van der Waals surface area contributed by atoms with E-state index in [1.165, 1.54) is 4.90 Å².